The molecule has 28 heavy (non-hydrogen) atoms. The van der Waals surface area contributed by atoms with Crippen LogP contribution in [0.1, 0.15) is 28.5 Å². The van der Waals surface area contributed by atoms with Crippen LogP contribution < -0.4 is 5.32 Å². The number of nitrogens with one attached hydrogen (secondary N) is 1. The van der Waals surface area contributed by atoms with Gasteiger partial charge in [0.15, 0.2) is 6.10 Å². The van der Waals surface area contributed by atoms with E-state index in [-0.39, 0.29) is 5.91 Å². The van der Waals surface area contributed by atoms with Gasteiger partial charge in [-0.15, -0.1) is 0 Å². The Morgan fingerprint density at radius 2 is 1.79 bits per heavy atom. The van der Waals surface area contributed by atoms with Crippen LogP contribution in [0, 0.1) is 6.92 Å². The predicted molar refractivity (Wildman–Crippen MR) is 106 cm³/mol. The van der Waals surface area contributed by atoms with Gasteiger partial charge in [0.2, 0.25) is 0 Å². The number of ether oxygens (including phenoxy) is 1. The van der Waals surface area contributed by atoms with E-state index in [0.29, 0.717) is 12.1 Å². The Morgan fingerprint density at radius 1 is 1.07 bits per heavy atom. The van der Waals surface area contributed by atoms with Crippen molar-refractivity contribution in [2.45, 2.75) is 26.4 Å². The van der Waals surface area contributed by atoms with Gasteiger partial charge in [0.25, 0.3) is 5.91 Å². The maximum absolute atomic E-state index is 12.3. The number of benzene rings is 2. The molecule has 3 aromatic rings. The van der Waals surface area contributed by atoms with Crippen LogP contribution in [0.15, 0.2) is 66.9 Å². The van der Waals surface area contributed by atoms with Crippen molar-refractivity contribution in [1.82, 2.24) is 15.1 Å². The number of esters is 1. The molecule has 0 aliphatic heterocycles. The minimum Gasteiger partial charge on any atom is -0.449 e. The summed E-state index contributed by atoms with van der Waals surface area (Å²) in [6.45, 7) is 4.01. The number of carbonyl (C=O) groups excluding carboxylic acids is 2. The smallest absolute Gasteiger partial charge is 0.338 e. The molecule has 0 unspecified atom stereocenters. The molecule has 0 saturated carbocycles. The monoisotopic (exact) mass is 377 g/mol. The number of nitrogens with zero attached hydrogens (tertiary/aromatic N) is 2. The van der Waals surface area contributed by atoms with Gasteiger partial charge in [-0.25, -0.2) is 9.48 Å². The zero-order valence-electron chi connectivity index (χ0n) is 16.0. The summed E-state index contributed by atoms with van der Waals surface area (Å²) in [4.78, 5) is 24.4. The Bertz CT molecular complexity index is 933. The first kappa shape index (κ1) is 19.4. The third-order valence-corrected chi connectivity index (χ3v) is 4.39. The number of hydrogen-bond acceptors (Lipinski definition) is 4. The van der Waals surface area contributed by atoms with Crippen molar-refractivity contribution < 1.29 is 14.3 Å². The molecule has 0 bridgehead atoms. The van der Waals surface area contributed by atoms with E-state index in [2.05, 4.69) is 10.4 Å². The fourth-order valence-electron chi connectivity index (χ4n) is 2.78. The van der Waals surface area contributed by atoms with Gasteiger partial charge in [0.05, 0.1) is 11.3 Å². The highest BCUT2D eigenvalue weighted by Gasteiger charge is 2.18. The standard InChI is InChI=1S/C22H23N3O3/c1-16-12-15-24-25(16)20-10-8-19(9-11-20)22(27)28-17(2)21(26)23-14-13-18-6-4-3-5-7-18/h3-12,15,17H,13-14H2,1-2H3,(H,23,26)/t17-/m1/s1. The van der Waals surface area contributed by atoms with Gasteiger partial charge in [0.1, 0.15) is 0 Å². The van der Waals surface area contributed by atoms with Crippen LogP contribution in [-0.4, -0.2) is 34.3 Å². The van der Waals surface area contributed by atoms with E-state index in [1.54, 1.807) is 42.1 Å². The number of aryl methyl sites for hydroxylation is 1. The molecule has 0 spiro atoms. The molecular weight excluding hydrogens is 354 g/mol. The van der Waals surface area contributed by atoms with Crippen molar-refractivity contribution in [2.75, 3.05) is 6.54 Å². The predicted octanol–water partition coefficient (Wildman–Crippen LogP) is 3.08. The minimum atomic E-state index is -0.865. The molecular formula is C22H23N3O3. The lowest BCUT2D eigenvalue weighted by molar-refractivity contribution is -0.129. The molecule has 1 aromatic heterocycles. The maximum atomic E-state index is 12.3. The molecule has 2 aromatic carbocycles. The molecule has 1 amide bonds. The van der Waals surface area contributed by atoms with Crippen LogP contribution in [0.5, 0.6) is 0 Å². The Morgan fingerprint density at radius 3 is 2.43 bits per heavy atom. The van der Waals surface area contributed by atoms with Gasteiger partial charge in [-0.2, -0.15) is 5.10 Å². The first-order valence-corrected chi connectivity index (χ1v) is 9.18. The van der Waals surface area contributed by atoms with Crippen molar-refractivity contribution in [3.05, 3.63) is 83.7 Å². The van der Waals surface area contributed by atoms with Gasteiger partial charge < -0.3 is 10.1 Å². The topological polar surface area (TPSA) is 73.2 Å². The Kier molecular flexibility index (Phi) is 6.22. The molecule has 0 radical (unpaired) electrons. The van der Waals surface area contributed by atoms with Crippen LogP contribution >= 0.6 is 0 Å². The van der Waals surface area contributed by atoms with Gasteiger partial charge >= 0.3 is 5.97 Å². The highest BCUT2D eigenvalue weighted by molar-refractivity contribution is 5.92. The van der Waals surface area contributed by atoms with Crippen molar-refractivity contribution in [3.8, 4) is 5.69 Å². The average Bonchev–Trinajstić information content (AvgIpc) is 3.14. The summed E-state index contributed by atoms with van der Waals surface area (Å²) < 4.78 is 7.06. The second-order valence-electron chi connectivity index (χ2n) is 6.51. The molecule has 6 nitrogen and oxygen atoms in total. The van der Waals surface area contributed by atoms with E-state index in [9.17, 15) is 9.59 Å². The lowest BCUT2D eigenvalue weighted by Crippen LogP contribution is -2.36. The molecule has 6 heteroatoms. The van der Waals surface area contributed by atoms with Gasteiger partial charge in [-0.3, -0.25) is 4.79 Å². The minimum absolute atomic E-state index is 0.312. The van der Waals surface area contributed by atoms with Crippen molar-refractivity contribution in [1.29, 1.82) is 0 Å². The molecule has 0 fully saturated rings. The largest absolute Gasteiger partial charge is 0.449 e. The molecule has 0 aliphatic carbocycles. The molecule has 1 atom stereocenters. The SMILES string of the molecule is Cc1ccnn1-c1ccc(C(=O)O[C@H](C)C(=O)NCCc2ccccc2)cc1. The highest BCUT2D eigenvalue weighted by atomic mass is 16.5. The van der Waals surface area contributed by atoms with E-state index in [4.69, 9.17) is 4.74 Å². The van der Waals surface area contributed by atoms with Gasteiger partial charge in [0, 0.05) is 18.4 Å². The van der Waals surface area contributed by atoms with Crippen LogP contribution in [0.3, 0.4) is 0 Å². The Hall–Kier alpha value is -3.41. The zero-order valence-corrected chi connectivity index (χ0v) is 16.0. The summed E-state index contributed by atoms with van der Waals surface area (Å²) in [5, 5.41) is 7.02. The van der Waals surface area contributed by atoms with E-state index in [0.717, 1.165) is 23.4 Å². The van der Waals surface area contributed by atoms with Gasteiger partial charge in [-0.1, -0.05) is 30.3 Å². The molecule has 0 saturated heterocycles. The number of rotatable bonds is 7. The van der Waals surface area contributed by atoms with E-state index in [1.807, 2.05) is 43.3 Å². The first-order chi connectivity index (χ1) is 13.5. The van der Waals surface area contributed by atoms with Crippen LogP contribution in [0.25, 0.3) is 5.69 Å². The third kappa shape index (κ3) is 4.85. The van der Waals surface area contributed by atoms with Gasteiger partial charge in [-0.05, 0) is 56.2 Å². The second kappa shape index (κ2) is 8.99. The Labute approximate surface area is 164 Å². The quantitative estimate of drug-likeness (QED) is 0.642. The highest BCUT2D eigenvalue weighted by Crippen LogP contribution is 2.12. The Balaban J connectivity index is 1.50. The fraction of sp³-hybridized carbons (Fsp3) is 0.227. The summed E-state index contributed by atoms with van der Waals surface area (Å²) in [5.41, 5.74) is 3.37. The van der Waals surface area contributed by atoms with Crippen molar-refractivity contribution in [3.63, 3.8) is 0 Å². The normalized spacial score (nSPS) is 11.6. The fourth-order valence-corrected chi connectivity index (χ4v) is 2.78. The van der Waals surface area contributed by atoms with Crippen molar-refractivity contribution >= 4 is 11.9 Å². The third-order valence-electron chi connectivity index (χ3n) is 4.39. The van der Waals surface area contributed by atoms with Crippen molar-refractivity contribution in [2.24, 2.45) is 0 Å². The number of carbonyl (C=O) groups is 2. The molecule has 0 aliphatic rings. The zero-order chi connectivity index (χ0) is 19.9. The summed E-state index contributed by atoms with van der Waals surface area (Å²) in [7, 11) is 0. The summed E-state index contributed by atoms with van der Waals surface area (Å²) >= 11 is 0. The first-order valence-electron chi connectivity index (χ1n) is 9.18. The number of hydrogen-bond donors (Lipinski definition) is 1. The van der Waals surface area contributed by atoms with E-state index >= 15 is 0 Å². The van der Waals surface area contributed by atoms with Crippen LogP contribution in [0.2, 0.25) is 0 Å². The molecule has 1 heterocycles. The molecule has 1 N–H and O–H groups in total. The summed E-state index contributed by atoms with van der Waals surface area (Å²) in [6.07, 6.45) is 1.58. The lowest BCUT2D eigenvalue weighted by Gasteiger charge is -2.14. The molecule has 3 rings (SSSR count). The van der Waals surface area contributed by atoms with Crippen LogP contribution in [-0.2, 0) is 16.0 Å². The number of aromatic nitrogens is 2. The van der Waals surface area contributed by atoms with E-state index < -0.39 is 12.1 Å². The number of amides is 1. The summed E-state index contributed by atoms with van der Waals surface area (Å²) in [6, 6.07) is 18.7. The van der Waals surface area contributed by atoms with E-state index in [1.165, 1.54) is 0 Å². The maximum Gasteiger partial charge on any atom is 0.338 e. The molecule has 144 valence electrons. The lowest BCUT2D eigenvalue weighted by atomic mass is 10.1. The second-order valence-corrected chi connectivity index (χ2v) is 6.51. The average molecular weight is 377 g/mol. The summed E-state index contributed by atoms with van der Waals surface area (Å²) in [5.74, 6) is -0.845. The van der Waals surface area contributed by atoms with Crippen LogP contribution in [0.4, 0.5) is 0 Å².